The molecule has 0 saturated heterocycles. The van der Waals surface area contributed by atoms with Gasteiger partial charge in [0.25, 0.3) is 7.82 Å². The summed E-state index contributed by atoms with van der Waals surface area (Å²) in [5, 5.41) is 13.9. The van der Waals surface area contributed by atoms with Gasteiger partial charge in [-0.25, -0.2) is 0 Å². The molecule has 0 aliphatic rings. The number of hydrogen-bond acceptors (Lipinski definition) is 6. The quantitative estimate of drug-likeness (QED) is 0.0272. The summed E-state index contributed by atoms with van der Waals surface area (Å²) in [6.07, 6.45) is 70.6. The minimum Gasteiger partial charge on any atom is -0.756 e. The lowest BCUT2D eigenvalue weighted by molar-refractivity contribution is -0.870. The van der Waals surface area contributed by atoms with Gasteiger partial charge in [-0.1, -0.05) is 262 Å². The molecule has 0 radical (unpaired) electrons. The van der Waals surface area contributed by atoms with Crippen LogP contribution in [-0.4, -0.2) is 68.5 Å². The Balaban J connectivity index is 4.24. The van der Waals surface area contributed by atoms with Gasteiger partial charge in [-0.2, -0.15) is 0 Å². The molecule has 8 nitrogen and oxygen atoms in total. The largest absolute Gasteiger partial charge is 0.756 e. The second kappa shape index (κ2) is 53.3. The minimum atomic E-state index is -4.61. The molecule has 0 saturated carbocycles. The summed E-state index contributed by atoms with van der Waals surface area (Å²) >= 11 is 0. The Morgan fingerprint density at radius 1 is 0.479 bits per heavy atom. The third-order valence-corrected chi connectivity index (χ3v) is 14.7. The number of aliphatic hydroxyl groups is 1. The molecule has 2 N–H and O–H groups in total. The van der Waals surface area contributed by atoms with E-state index in [-0.39, 0.29) is 12.5 Å². The van der Waals surface area contributed by atoms with E-state index in [2.05, 4.69) is 55.6 Å². The van der Waals surface area contributed by atoms with Crippen LogP contribution >= 0.6 is 7.82 Å². The van der Waals surface area contributed by atoms with E-state index in [0.29, 0.717) is 17.4 Å². The van der Waals surface area contributed by atoms with Crippen LogP contribution in [0.5, 0.6) is 0 Å². The van der Waals surface area contributed by atoms with E-state index in [1.807, 2.05) is 27.2 Å². The molecule has 0 aliphatic heterocycles. The number of rotatable bonds is 56. The van der Waals surface area contributed by atoms with Crippen molar-refractivity contribution in [2.75, 3.05) is 40.9 Å². The van der Waals surface area contributed by atoms with E-state index in [1.54, 1.807) is 6.08 Å². The first-order valence-corrected chi connectivity index (χ1v) is 32.0. The maximum absolute atomic E-state index is 13.0. The third kappa shape index (κ3) is 56.0. The number of nitrogens with one attached hydrogen (secondary N) is 1. The van der Waals surface area contributed by atoms with E-state index >= 15 is 0 Å². The van der Waals surface area contributed by atoms with Gasteiger partial charge in [0.2, 0.25) is 5.91 Å². The van der Waals surface area contributed by atoms with E-state index < -0.39 is 26.6 Å². The Morgan fingerprint density at radius 2 is 0.789 bits per heavy atom. The van der Waals surface area contributed by atoms with Crippen molar-refractivity contribution in [3.05, 3.63) is 48.6 Å². The fraction of sp³-hybridized carbons (Fsp3) is 0.855. The summed E-state index contributed by atoms with van der Waals surface area (Å²) in [4.78, 5) is 25.5. The number of quaternary nitrogens is 1. The van der Waals surface area contributed by atoms with Crippen molar-refractivity contribution in [2.45, 2.75) is 302 Å². The van der Waals surface area contributed by atoms with E-state index in [4.69, 9.17) is 9.05 Å². The summed E-state index contributed by atoms with van der Waals surface area (Å²) < 4.78 is 23.4. The molecule has 71 heavy (non-hydrogen) atoms. The van der Waals surface area contributed by atoms with Crippen LogP contribution in [0.3, 0.4) is 0 Å². The molecule has 9 heteroatoms. The molecule has 0 aromatic heterocycles. The van der Waals surface area contributed by atoms with Crippen LogP contribution in [0.1, 0.15) is 290 Å². The number of unbranched alkanes of at least 4 members (excludes halogenated alkanes) is 37. The Hall–Kier alpha value is -1.54. The topological polar surface area (TPSA) is 108 Å². The van der Waals surface area contributed by atoms with Crippen molar-refractivity contribution in [1.82, 2.24) is 5.32 Å². The second-order valence-corrected chi connectivity index (χ2v) is 23.4. The van der Waals surface area contributed by atoms with Crippen LogP contribution in [0.4, 0.5) is 0 Å². The van der Waals surface area contributed by atoms with Gasteiger partial charge in [0.1, 0.15) is 13.2 Å². The molecule has 0 rings (SSSR count). The molecular weight excluding hydrogens is 900 g/mol. The normalized spacial score (nSPS) is 14.2. The zero-order chi connectivity index (χ0) is 52.0. The third-order valence-electron chi connectivity index (χ3n) is 13.7. The molecule has 418 valence electrons. The molecule has 3 unspecified atom stereocenters. The number of likely N-dealkylation sites (N-methyl/N-ethyl adjacent to an activating group) is 1. The van der Waals surface area contributed by atoms with E-state index in [1.165, 1.54) is 225 Å². The van der Waals surface area contributed by atoms with Gasteiger partial charge in [-0.15, -0.1) is 0 Å². The van der Waals surface area contributed by atoms with Crippen LogP contribution in [0.25, 0.3) is 0 Å². The molecular formula is C62H119N2O6P. The van der Waals surface area contributed by atoms with Crippen LogP contribution in [-0.2, 0) is 18.4 Å². The van der Waals surface area contributed by atoms with Gasteiger partial charge in [0, 0.05) is 6.42 Å². The minimum absolute atomic E-state index is 0.00964. The summed E-state index contributed by atoms with van der Waals surface area (Å²) in [5.41, 5.74) is 0. The lowest BCUT2D eigenvalue weighted by atomic mass is 10.0. The molecule has 0 fully saturated rings. The average molecular weight is 1020 g/mol. The summed E-state index contributed by atoms with van der Waals surface area (Å²) in [6, 6.07) is -0.912. The molecule has 0 aromatic rings. The van der Waals surface area contributed by atoms with Crippen molar-refractivity contribution in [2.24, 2.45) is 0 Å². The molecule has 0 heterocycles. The smallest absolute Gasteiger partial charge is 0.268 e. The Kier molecular flexibility index (Phi) is 52.1. The maximum Gasteiger partial charge on any atom is 0.268 e. The highest BCUT2D eigenvalue weighted by Gasteiger charge is 2.23. The maximum atomic E-state index is 13.0. The number of phosphoric acid groups is 1. The van der Waals surface area contributed by atoms with Gasteiger partial charge >= 0.3 is 0 Å². The molecule has 0 spiro atoms. The van der Waals surface area contributed by atoms with Crippen LogP contribution in [0.15, 0.2) is 48.6 Å². The monoisotopic (exact) mass is 1020 g/mol. The van der Waals surface area contributed by atoms with Crippen LogP contribution in [0.2, 0.25) is 0 Å². The van der Waals surface area contributed by atoms with Crippen molar-refractivity contribution < 1.29 is 32.9 Å². The lowest BCUT2D eigenvalue weighted by Crippen LogP contribution is -2.45. The first-order valence-electron chi connectivity index (χ1n) is 30.5. The van der Waals surface area contributed by atoms with Gasteiger partial charge in [0.15, 0.2) is 0 Å². The summed E-state index contributed by atoms with van der Waals surface area (Å²) in [6.45, 7) is 4.65. The SMILES string of the molecule is CCCCCCCCCCCCCC/C=C\CCCCCCCCCCCC(=O)NC(COP(=O)([O-])OCC[N+](C)(C)C)C(O)/C=C/CC/C=C/CC/C=C/CCCCCCCCCCCCCCCC. The zero-order valence-electron chi connectivity index (χ0n) is 47.7. The number of carbonyl (C=O) groups is 1. The van der Waals surface area contributed by atoms with Crippen molar-refractivity contribution in [3.63, 3.8) is 0 Å². The number of nitrogens with zero attached hydrogens (tertiary/aromatic N) is 1. The Bertz CT molecular complexity index is 1290. The predicted octanol–water partition coefficient (Wildman–Crippen LogP) is 18.1. The Labute approximate surface area is 441 Å². The summed E-state index contributed by atoms with van der Waals surface area (Å²) in [5.74, 6) is -0.211. The zero-order valence-corrected chi connectivity index (χ0v) is 48.6. The van der Waals surface area contributed by atoms with Gasteiger partial charge < -0.3 is 28.8 Å². The number of hydrogen-bond donors (Lipinski definition) is 2. The van der Waals surface area contributed by atoms with Gasteiger partial charge in [-0.05, 0) is 70.6 Å². The number of amides is 1. The molecule has 0 bridgehead atoms. The number of carbonyl (C=O) groups excluding carboxylic acids is 1. The molecule has 0 aliphatic carbocycles. The van der Waals surface area contributed by atoms with E-state index in [0.717, 1.165) is 44.9 Å². The van der Waals surface area contributed by atoms with Crippen molar-refractivity contribution in [3.8, 4) is 0 Å². The average Bonchev–Trinajstić information content (AvgIpc) is 3.33. The molecule has 0 aromatic carbocycles. The van der Waals surface area contributed by atoms with Crippen molar-refractivity contribution in [1.29, 1.82) is 0 Å². The fourth-order valence-corrected chi connectivity index (χ4v) is 9.67. The highest BCUT2D eigenvalue weighted by molar-refractivity contribution is 7.45. The fourth-order valence-electron chi connectivity index (χ4n) is 8.95. The first-order chi connectivity index (χ1) is 34.5. The molecule has 3 atom stereocenters. The van der Waals surface area contributed by atoms with Gasteiger partial charge in [-0.3, -0.25) is 9.36 Å². The Morgan fingerprint density at radius 3 is 1.14 bits per heavy atom. The van der Waals surface area contributed by atoms with Crippen LogP contribution < -0.4 is 10.2 Å². The van der Waals surface area contributed by atoms with Crippen molar-refractivity contribution >= 4 is 13.7 Å². The van der Waals surface area contributed by atoms with E-state index in [9.17, 15) is 19.4 Å². The van der Waals surface area contributed by atoms with Crippen LogP contribution in [0, 0.1) is 0 Å². The lowest BCUT2D eigenvalue weighted by Gasteiger charge is -2.29. The summed E-state index contributed by atoms with van der Waals surface area (Å²) in [7, 11) is 1.24. The number of aliphatic hydroxyl groups excluding tert-OH is 1. The first kappa shape index (κ1) is 69.5. The highest BCUT2D eigenvalue weighted by Crippen LogP contribution is 2.38. The van der Waals surface area contributed by atoms with Gasteiger partial charge in [0.05, 0.1) is 39.9 Å². The standard InChI is InChI=1S/C62H119N2O6P/c1-6-8-10-12-14-16-18-20-22-24-26-28-30-32-34-36-38-40-42-44-46-48-50-52-54-56-62(66)63-60(59-70-71(67,68)69-58-57-64(3,4)5)61(65)55-53-51-49-47-45-43-41-39-37-35-33-31-29-27-25-23-21-19-17-15-13-11-9-7-2/h32,34,37,39,45,47,53,55,60-61,65H,6-31,33,35-36,38,40-44,46,48-52,54,56-59H2,1-5H3,(H-,63,66,67,68)/b34-32-,39-37+,47-45+,55-53+. The predicted molar refractivity (Wildman–Crippen MR) is 307 cm³/mol. The number of allylic oxidation sites excluding steroid dienone is 7. The second-order valence-electron chi connectivity index (χ2n) is 22.0. The highest BCUT2D eigenvalue weighted by atomic mass is 31.2. The number of phosphoric ester groups is 1. The molecule has 1 amide bonds.